The van der Waals surface area contributed by atoms with Gasteiger partial charge < -0.3 is 18.9 Å². The molecule has 278 valence electrons. The van der Waals surface area contributed by atoms with Gasteiger partial charge >= 0.3 is 0 Å². The summed E-state index contributed by atoms with van der Waals surface area (Å²) in [7, 11) is 0. The van der Waals surface area contributed by atoms with E-state index in [9.17, 15) is 20.1 Å². The molecule has 0 atom stereocenters. The van der Waals surface area contributed by atoms with E-state index in [0.717, 1.165) is 57.1 Å². The van der Waals surface area contributed by atoms with Crippen molar-refractivity contribution >= 4 is 12.6 Å². The molecule has 0 unspecified atom stereocenters. The van der Waals surface area contributed by atoms with Crippen LogP contribution >= 0.6 is 0 Å². The summed E-state index contributed by atoms with van der Waals surface area (Å²) in [6.07, 6.45) is 7.70. The van der Waals surface area contributed by atoms with Crippen LogP contribution in [-0.2, 0) is 26.4 Å². The number of rotatable bonds is 15. The first-order chi connectivity index (χ1) is 27.2. The zero-order valence-corrected chi connectivity index (χ0v) is 31.5. The highest BCUT2D eigenvalue weighted by atomic mass is 16.5. The van der Waals surface area contributed by atoms with E-state index in [2.05, 4.69) is 48.1 Å². The molecule has 10 heteroatoms. The number of nitriles is 2. The van der Waals surface area contributed by atoms with Crippen molar-refractivity contribution in [2.45, 2.75) is 54.1 Å². The summed E-state index contributed by atoms with van der Waals surface area (Å²) in [5, 5.41) is 18.4. The van der Waals surface area contributed by atoms with Crippen LogP contribution in [0.2, 0.25) is 0 Å². The highest BCUT2D eigenvalue weighted by Gasteiger charge is 2.16. The van der Waals surface area contributed by atoms with Crippen LogP contribution < -0.4 is 18.9 Å². The average molecular weight is 743 g/mol. The molecular formula is C46H38N4O6. The molecule has 0 spiro atoms. The zero-order valence-electron chi connectivity index (χ0n) is 31.5. The van der Waals surface area contributed by atoms with Crippen LogP contribution in [0.15, 0.2) is 97.6 Å². The fraction of sp³-hybridized carbons (Fsp3) is 0.174. The molecule has 6 aromatic rings. The lowest BCUT2D eigenvalue weighted by atomic mass is 9.92. The Kier molecular flexibility index (Phi) is 12.1. The molecule has 0 radical (unpaired) electrons. The van der Waals surface area contributed by atoms with Crippen LogP contribution in [0, 0.1) is 50.4 Å². The Labute approximate surface area is 325 Å². The summed E-state index contributed by atoms with van der Waals surface area (Å²) < 4.78 is 24.7. The van der Waals surface area contributed by atoms with Crippen LogP contribution in [0.4, 0.5) is 0 Å². The van der Waals surface area contributed by atoms with Crippen LogP contribution in [0.5, 0.6) is 23.0 Å². The number of benzene rings is 4. The maximum absolute atomic E-state index is 11.9. The minimum atomic E-state index is 0.135. The first kappa shape index (κ1) is 38.4. The predicted octanol–water partition coefficient (Wildman–Crippen LogP) is 9.06. The molecule has 0 saturated heterocycles. The van der Waals surface area contributed by atoms with E-state index in [0.29, 0.717) is 56.4 Å². The Morgan fingerprint density at radius 1 is 0.536 bits per heavy atom. The first-order valence-electron chi connectivity index (χ1n) is 17.8. The number of hydrogen-bond donors (Lipinski definition) is 0. The number of hydrogen-bond acceptors (Lipinski definition) is 10. The fourth-order valence-electron chi connectivity index (χ4n) is 6.28. The molecule has 10 nitrogen and oxygen atoms in total. The molecule has 0 aliphatic carbocycles. The second kappa shape index (κ2) is 17.7. The largest absolute Gasteiger partial charge is 0.488 e. The maximum atomic E-state index is 11.9. The normalized spacial score (nSPS) is 10.5. The monoisotopic (exact) mass is 742 g/mol. The molecule has 2 heterocycles. The summed E-state index contributed by atoms with van der Waals surface area (Å²) in [6, 6.07) is 26.7. The lowest BCUT2D eigenvalue weighted by Gasteiger charge is -2.18. The number of aldehydes is 2. The summed E-state index contributed by atoms with van der Waals surface area (Å²) in [6.45, 7) is 8.76. The summed E-state index contributed by atoms with van der Waals surface area (Å²) >= 11 is 0. The number of carbonyl (C=O) groups excluding carboxylic acids is 2. The number of ether oxygens (including phenoxy) is 4. The zero-order chi connectivity index (χ0) is 39.6. The minimum absolute atomic E-state index is 0.135. The maximum Gasteiger partial charge on any atom is 0.153 e. The van der Waals surface area contributed by atoms with E-state index in [-0.39, 0.29) is 26.4 Å². The molecule has 0 amide bonds. The van der Waals surface area contributed by atoms with Crippen molar-refractivity contribution < 1.29 is 28.5 Å². The summed E-state index contributed by atoms with van der Waals surface area (Å²) in [5.41, 5.74) is 10.9. The Hall–Kier alpha value is -7.30. The molecule has 6 rings (SSSR count). The SMILES string of the molecule is Cc1cc(C=O)c(OCc2cncc(C#N)c2)cc1OCc1cccc(-c2cccc(COc3cc(OCc4cncc(C#N)c4)c(C=O)cc3C)c2C)c1C. The van der Waals surface area contributed by atoms with E-state index < -0.39 is 0 Å². The lowest BCUT2D eigenvalue weighted by molar-refractivity contribution is 0.111. The fourth-order valence-corrected chi connectivity index (χ4v) is 6.28. The minimum Gasteiger partial charge on any atom is -0.488 e. The van der Waals surface area contributed by atoms with E-state index in [1.807, 2.05) is 38.1 Å². The van der Waals surface area contributed by atoms with Crippen molar-refractivity contribution in [3.8, 4) is 46.3 Å². The number of carbonyl (C=O) groups is 2. The van der Waals surface area contributed by atoms with E-state index >= 15 is 0 Å². The van der Waals surface area contributed by atoms with Gasteiger partial charge in [0.05, 0.1) is 22.3 Å². The Morgan fingerprint density at radius 2 is 0.946 bits per heavy atom. The van der Waals surface area contributed by atoms with E-state index in [4.69, 9.17) is 18.9 Å². The Morgan fingerprint density at radius 3 is 1.34 bits per heavy atom. The molecule has 0 fully saturated rings. The first-order valence-corrected chi connectivity index (χ1v) is 17.8. The van der Waals surface area contributed by atoms with Crippen molar-refractivity contribution in [3.63, 3.8) is 0 Å². The molecule has 0 N–H and O–H groups in total. The quantitative estimate of drug-likeness (QED) is 0.0935. The molecule has 0 aliphatic rings. The number of nitrogens with zero attached hydrogens (tertiary/aromatic N) is 4. The number of aryl methyl sites for hydroxylation is 2. The molecular weight excluding hydrogens is 705 g/mol. The Balaban J connectivity index is 1.16. The lowest BCUT2D eigenvalue weighted by Crippen LogP contribution is -2.05. The third-order valence-electron chi connectivity index (χ3n) is 9.45. The molecule has 0 saturated carbocycles. The average Bonchev–Trinajstić information content (AvgIpc) is 3.22. The van der Waals surface area contributed by atoms with E-state index in [1.54, 1.807) is 48.8 Å². The van der Waals surface area contributed by atoms with Crippen molar-refractivity contribution in [1.29, 1.82) is 10.5 Å². The van der Waals surface area contributed by atoms with Crippen LogP contribution in [0.1, 0.15) is 76.4 Å². The van der Waals surface area contributed by atoms with Gasteiger partial charge in [0, 0.05) is 48.0 Å². The molecule has 4 aromatic carbocycles. The third kappa shape index (κ3) is 8.90. The van der Waals surface area contributed by atoms with Gasteiger partial charge in [-0.3, -0.25) is 19.6 Å². The number of pyridine rings is 2. The number of aromatic nitrogens is 2. The second-order valence-electron chi connectivity index (χ2n) is 13.3. The topological polar surface area (TPSA) is 144 Å². The van der Waals surface area contributed by atoms with Crippen molar-refractivity contribution in [2.75, 3.05) is 0 Å². The van der Waals surface area contributed by atoms with Gasteiger partial charge in [-0.25, -0.2) is 0 Å². The standard InChI is InChI=1S/C46H38N4O6/c1-29-11-39(23-51)45(53-25-35-13-33(17-47)19-49-21-35)15-43(29)55-27-37-7-5-9-41(31(37)3)42-10-6-8-38(32(42)4)28-56-44-16-46(40(24-52)12-30(44)2)54-26-36-14-34(18-48)20-50-22-36/h5-16,19-24H,25-28H2,1-4H3. The van der Waals surface area contributed by atoms with Crippen LogP contribution in [0.25, 0.3) is 11.1 Å². The molecule has 0 bridgehead atoms. The highest BCUT2D eigenvalue weighted by Crippen LogP contribution is 2.34. The second-order valence-corrected chi connectivity index (χ2v) is 13.3. The molecule has 0 aliphatic heterocycles. The van der Waals surface area contributed by atoms with Gasteiger partial charge in [-0.15, -0.1) is 0 Å². The van der Waals surface area contributed by atoms with Crippen molar-refractivity contribution in [2.24, 2.45) is 0 Å². The molecule has 2 aromatic heterocycles. The van der Waals surface area contributed by atoms with Gasteiger partial charge in [-0.05, 0) is 96.5 Å². The van der Waals surface area contributed by atoms with Crippen LogP contribution in [0.3, 0.4) is 0 Å². The van der Waals surface area contributed by atoms with Gasteiger partial charge in [0.1, 0.15) is 61.6 Å². The van der Waals surface area contributed by atoms with Crippen molar-refractivity contribution in [1.82, 2.24) is 9.97 Å². The van der Waals surface area contributed by atoms with Gasteiger partial charge in [0.15, 0.2) is 12.6 Å². The smallest absolute Gasteiger partial charge is 0.153 e. The van der Waals surface area contributed by atoms with Crippen LogP contribution in [-0.4, -0.2) is 22.5 Å². The van der Waals surface area contributed by atoms with Gasteiger partial charge in [-0.1, -0.05) is 36.4 Å². The predicted molar refractivity (Wildman–Crippen MR) is 210 cm³/mol. The van der Waals surface area contributed by atoms with Crippen molar-refractivity contribution in [3.05, 3.63) is 164 Å². The van der Waals surface area contributed by atoms with E-state index in [1.165, 1.54) is 12.4 Å². The Bertz CT molecular complexity index is 2340. The van der Waals surface area contributed by atoms with Gasteiger partial charge in [0.25, 0.3) is 0 Å². The van der Waals surface area contributed by atoms with Gasteiger partial charge in [0.2, 0.25) is 0 Å². The molecule has 56 heavy (non-hydrogen) atoms. The van der Waals surface area contributed by atoms with Gasteiger partial charge in [-0.2, -0.15) is 10.5 Å². The summed E-state index contributed by atoms with van der Waals surface area (Å²) in [5.74, 6) is 1.93. The summed E-state index contributed by atoms with van der Waals surface area (Å²) in [4.78, 5) is 31.9. The highest BCUT2D eigenvalue weighted by molar-refractivity contribution is 5.81. The third-order valence-corrected chi connectivity index (χ3v) is 9.45.